The number of aromatic hydroxyl groups is 1. The molecule has 0 unspecified atom stereocenters. The monoisotopic (exact) mass is 404 g/mol. The smallest absolute Gasteiger partial charge is 0.276 e. The summed E-state index contributed by atoms with van der Waals surface area (Å²) in [5.74, 6) is 0.0553. The van der Waals surface area contributed by atoms with Crippen molar-refractivity contribution in [3.05, 3.63) is 70.7 Å². The van der Waals surface area contributed by atoms with E-state index >= 15 is 0 Å². The lowest BCUT2D eigenvalue weighted by molar-refractivity contribution is 0.481. The molecule has 0 saturated carbocycles. The van der Waals surface area contributed by atoms with Gasteiger partial charge in [-0.1, -0.05) is 46.3 Å². The fourth-order valence-electron chi connectivity index (χ4n) is 2.21. The number of sulfonamides is 1. The molecule has 5 nitrogen and oxygen atoms in total. The number of hydrogen-bond acceptors (Lipinski definition) is 4. The van der Waals surface area contributed by atoms with E-state index in [2.05, 4.69) is 25.9 Å². The highest BCUT2D eigenvalue weighted by Gasteiger charge is 2.12. The number of nitrogens with zero attached hydrogens (tertiary/aromatic N) is 1. The van der Waals surface area contributed by atoms with Crippen LogP contribution in [0, 0.1) is 0 Å². The number of benzene rings is 3. The van der Waals surface area contributed by atoms with Gasteiger partial charge in [0, 0.05) is 15.4 Å². The minimum absolute atomic E-state index is 0.0553. The first-order valence-corrected chi connectivity index (χ1v) is 9.26. The standard InChI is InChI=1S/C17H13BrN2O3S/c18-14-7-9-15(10-8-14)24(22,23)20-19-11-13-6-5-12-3-1-2-4-16(12)17(13)21/h1-11,20-21H/b19-11-. The van der Waals surface area contributed by atoms with Crippen LogP contribution in [0.5, 0.6) is 5.75 Å². The van der Waals surface area contributed by atoms with E-state index in [4.69, 9.17) is 0 Å². The third kappa shape index (κ3) is 3.42. The predicted molar refractivity (Wildman–Crippen MR) is 97.7 cm³/mol. The zero-order chi connectivity index (χ0) is 17.2. The van der Waals surface area contributed by atoms with Crippen LogP contribution in [0.3, 0.4) is 0 Å². The molecule has 3 aromatic carbocycles. The predicted octanol–water partition coefficient (Wildman–Crippen LogP) is 3.62. The van der Waals surface area contributed by atoms with E-state index in [-0.39, 0.29) is 10.6 Å². The molecule has 3 aromatic rings. The summed E-state index contributed by atoms with van der Waals surface area (Å²) in [7, 11) is -3.75. The Bertz CT molecular complexity index is 1020. The summed E-state index contributed by atoms with van der Waals surface area (Å²) >= 11 is 3.25. The molecule has 0 atom stereocenters. The van der Waals surface area contributed by atoms with Crippen molar-refractivity contribution < 1.29 is 13.5 Å². The maximum atomic E-state index is 12.1. The third-order valence-corrected chi connectivity index (χ3v) is 5.20. The molecule has 0 radical (unpaired) electrons. The van der Waals surface area contributed by atoms with E-state index in [1.165, 1.54) is 18.3 Å². The molecule has 0 aliphatic rings. The van der Waals surface area contributed by atoms with Crippen molar-refractivity contribution in [2.45, 2.75) is 4.90 Å². The maximum Gasteiger partial charge on any atom is 0.276 e. The van der Waals surface area contributed by atoms with E-state index < -0.39 is 10.0 Å². The largest absolute Gasteiger partial charge is 0.507 e. The number of fused-ring (bicyclic) bond motifs is 1. The Balaban J connectivity index is 1.84. The lowest BCUT2D eigenvalue weighted by atomic mass is 10.1. The molecule has 122 valence electrons. The second kappa shape index (κ2) is 6.62. The summed E-state index contributed by atoms with van der Waals surface area (Å²) in [5, 5.41) is 15.6. The number of halogens is 1. The first-order valence-electron chi connectivity index (χ1n) is 6.98. The minimum Gasteiger partial charge on any atom is -0.507 e. The summed E-state index contributed by atoms with van der Waals surface area (Å²) in [6.07, 6.45) is 1.28. The van der Waals surface area contributed by atoms with Gasteiger partial charge in [0.05, 0.1) is 11.1 Å². The van der Waals surface area contributed by atoms with Gasteiger partial charge in [0.25, 0.3) is 10.0 Å². The number of hydrogen-bond donors (Lipinski definition) is 2. The van der Waals surface area contributed by atoms with Gasteiger partial charge in [-0.15, -0.1) is 0 Å². The highest BCUT2D eigenvalue weighted by atomic mass is 79.9. The van der Waals surface area contributed by atoms with Crippen molar-refractivity contribution in [2.75, 3.05) is 0 Å². The Labute approximate surface area is 147 Å². The molecule has 2 N–H and O–H groups in total. The molecule has 3 rings (SSSR count). The Hall–Kier alpha value is -2.38. The van der Waals surface area contributed by atoms with Gasteiger partial charge < -0.3 is 5.11 Å². The summed E-state index contributed by atoms with van der Waals surface area (Å²) in [5.41, 5.74) is 0.423. The van der Waals surface area contributed by atoms with E-state index in [1.54, 1.807) is 24.3 Å². The molecule has 0 bridgehead atoms. The van der Waals surface area contributed by atoms with Crippen molar-refractivity contribution in [1.29, 1.82) is 0 Å². The molecule has 0 aromatic heterocycles. The Kier molecular flexibility index (Phi) is 4.55. The molecular weight excluding hydrogens is 392 g/mol. The van der Waals surface area contributed by atoms with E-state index in [9.17, 15) is 13.5 Å². The fourth-order valence-corrected chi connectivity index (χ4v) is 3.26. The molecule has 24 heavy (non-hydrogen) atoms. The van der Waals surface area contributed by atoms with Gasteiger partial charge in [0.15, 0.2) is 0 Å². The minimum atomic E-state index is -3.75. The summed E-state index contributed by atoms with van der Waals surface area (Å²) in [6, 6.07) is 17.1. The number of phenols is 1. The third-order valence-electron chi connectivity index (χ3n) is 3.43. The molecule has 0 saturated heterocycles. The van der Waals surface area contributed by atoms with Crippen LogP contribution in [0.25, 0.3) is 10.8 Å². The van der Waals surface area contributed by atoms with Gasteiger partial charge in [-0.25, -0.2) is 4.83 Å². The molecule has 0 spiro atoms. The zero-order valence-corrected chi connectivity index (χ0v) is 14.8. The molecule has 0 amide bonds. The van der Waals surface area contributed by atoms with Crippen LogP contribution < -0.4 is 4.83 Å². The molecule has 0 fully saturated rings. The van der Waals surface area contributed by atoms with Gasteiger partial charge >= 0.3 is 0 Å². The van der Waals surface area contributed by atoms with Gasteiger partial charge in [-0.05, 0) is 35.7 Å². The van der Waals surface area contributed by atoms with Gasteiger partial charge in [0.1, 0.15) is 5.75 Å². The van der Waals surface area contributed by atoms with Crippen LogP contribution in [0.2, 0.25) is 0 Å². The maximum absolute atomic E-state index is 12.1. The zero-order valence-electron chi connectivity index (χ0n) is 12.3. The molecule has 0 aliphatic carbocycles. The van der Waals surface area contributed by atoms with Crippen LogP contribution in [-0.4, -0.2) is 19.7 Å². The van der Waals surface area contributed by atoms with Crippen molar-refractivity contribution in [1.82, 2.24) is 4.83 Å². The molecule has 0 aliphatic heterocycles. The van der Waals surface area contributed by atoms with E-state index in [0.717, 1.165) is 9.86 Å². The highest BCUT2D eigenvalue weighted by Crippen LogP contribution is 2.27. The second-order valence-corrected chi connectivity index (χ2v) is 7.61. The molecule has 7 heteroatoms. The van der Waals surface area contributed by atoms with Crippen LogP contribution in [0.1, 0.15) is 5.56 Å². The Morgan fingerprint density at radius 2 is 1.71 bits per heavy atom. The first kappa shape index (κ1) is 16.5. The Morgan fingerprint density at radius 3 is 2.46 bits per heavy atom. The fraction of sp³-hybridized carbons (Fsp3) is 0. The van der Waals surface area contributed by atoms with E-state index in [1.807, 2.05) is 24.3 Å². The Morgan fingerprint density at radius 1 is 1.00 bits per heavy atom. The number of rotatable bonds is 4. The van der Waals surface area contributed by atoms with Gasteiger partial charge in [0.2, 0.25) is 0 Å². The average molecular weight is 405 g/mol. The van der Waals surface area contributed by atoms with E-state index in [0.29, 0.717) is 10.9 Å². The second-order valence-electron chi connectivity index (χ2n) is 5.03. The lowest BCUT2D eigenvalue weighted by Crippen LogP contribution is -2.18. The van der Waals surface area contributed by atoms with Crippen molar-refractivity contribution in [3.63, 3.8) is 0 Å². The number of hydrazone groups is 1. The SMILES string of the molecule is O=S(=O)(N/N=C\c1ccc2ccccc2c1O)c1ccc(Br)cc1. The molecule has 0 heterocycles. The number of nitrogens with one attached hydrogen (secondary N) is 1. The summed E-state index contributed by atoms with van der Waals surface area (Å²) < 4.78 is 25.0. The van der Waals surface area contributed by atoms with Crippen LogP contribution in [0.4, 0.5) is 0 Å². The van der Waals surface area contributed by atoms with Crippen LogP contribution in [-0.2, 0) is 10.0 Å². The van der Waals surface area contributed by atoms with Gasteiger partial charge in [-0.3, -0.25) is 0 Å². The van der Waals surface area contributed by atoms with Crippen LogP contribution >= 0.6 is 15.9 Å². The average Bonchev–Trinajstić information content (AvgIpc) is 2.57. The van der Waals surface area contributed by atoms with Crippen molar-refractivity contribution in [3.8, 4) is 5.75 Å². The summed E-state index contributed by atoms with van der Waals surface area (Å²) in [4.78, 5) is 2.24. The highest BCUT2D eigenvalue weighted by molar-refractivity contribution is 9.10. The topological polar surface area (TPSA) is 78.8 Å². The quantitative estimate of drug-likeness (QED) is 0.514. The van der Waals surface area contributed by atoms with Crippen molar-refractivity contribution in [2.24, 2.45) is 5.10 Å². The van der Waals surface area contributed by atoms with Crippen molar-refractivity contribution >= 4 is 42.9 Å². The first-order chi connectivity index (χ1) is 11.5. The molecular formula is C17H13BrN2O3S. The summed E-state index contributed by atoms with van der Waals surface area (Å²) in [6.45, 7) is 0. The number of phenolic OH excluding ortho intramolecular Hbond substituents is 1. The van der Waals surface area contributed by atoms with Crippen LogP contribution in [0.15, 0.2) is 75.1 Å². The lowest BCUT2D eigenvalue weighted by Gasteiger charge is -2.05. The van der Waals surface area contributed by atoms with Gasteiger partial charge in [-0.2, -0.15) is 13.5 Å². The normalized spacial score (nSPS) is 11.9.